The van der Waals surface area contributed by atoms with Crippen molar-refractivity contribution < 1.29 is 9.47 Å². The summed E-state index contributed by atoms with van der Waals surface area (Å²) in [5.74, 6) is -0.979. The van der Waals surface area contributed by atoms with E-state index in [9.17, 15) is 0 Å². The van der Waals surface area contributed by atoms with Crippen molar-refractivity contribution in [2.45, 2.75) is 31.8 Å². The number of ether oxygens (including phenoxy) is 2. The number of fused-ring (bicyclic) bond motifs is 4. The van der Waals surface area contributed by atoms with Crippen LogP contribution < -0.4 is 31.8 Å². The van der Waals surface area contributed by atoms with E-state index >= 15 is 0 Å². The molecule has 8 rings (SSSR count). The third-order valence-corrected chi connectivity index (χ3v) is 13.8. The molecule has 0 amide bonds. The van der Waals surface area contributed by atoms with E-state index in [0.29, 0.717) is 6.61 Å². The molecule has 0 aliphatic carbocycles. The summed E-state index contributed by atoms with van der Waals surface area (Å²) in [4.78, 5) is 0. The molecule has 0 bridgehead atoms. The van der Waals surface area contributed by atoms with Crippen molar-refractivity contribution in [3.05, 3.63) is 180 Å². The van der Waals surface area contributed by atoms with E-state index < -0.39 is 21.6 Å². The highest BCUT2D eigenvalue weighted by atomic mass is 31.1. The molecular weight excluding hydrogens is 586 g/mol. The Morgan fingerprint density at radius 3 is 1.44 bits per heavy atom. The minimum Gasteiger partial charge on any atom is -0.337 e. The summed E-state index contributed by atoms with van der Waals surface area (Å²) < 4.78 is 14.3. The molecule has 0 fully saturated rings. The van der Waals surface area contributed by atoms with Crippen molar-refractivity contribution in [1.29, 1.82) is 0 Å². The zero-order chi connectivity index (χ0) is 30.2. The fourth-order valence-corrected chi connectivity index (χ4v) is 12.0. The molecule has 6 aromatic carbocycles. The summed E-state index contributed by atoms with van der Waals surface area (Å²) in [5.41, 5.74) is 4.87. The van der Waals surface area contributed by atoms with Crippen LogP contribution in [0.2, 0.25) is 0 Å². The fourth-order valence-electron chi connectivity index (χ4n) is 6.97. The van der Waals surface area contributed by atoms with E-state index in [1.54, 1.807) is 0 Å². The van der Waals surface area contributed by atoms with E-state index in [1.165, 1.54) is 54.1 Å². The Balaban J connectivity index is 1.40. The number of hydrogen-bond donors (Lipinski definition) is 0. The minimum atomic E-state index is -0.979. The standard InChI is InChI=1S/C41H34O2P2/c1-2-36-35-26-16-28-38(45(33-22-11-5-12-23-33)34-24-13-6-14-25-34)40(35)41(43-36)39-30(29-42-41)17-15-27-37(39)44(31-18-7-3-8-19-31)32-20-9-4-10-21-32/h3-28,36H,2,29H2,1H3/t36-,41+/m0/s1. The van der Waals surface area contributed by atoms with Crippen molar-refractivity contribution in [2.75, 3.05) is 0 Å². The molecule has 2 atom stereocenters. The average Bonchev–Trinajstić information content (AvgIpc) is 3.65. The molecule has 4 heteroatoms. The lowest BCUT2D eigenvalue weighted by Crippen LogP contribution is -2.38. The highest BCUT2D eigenvalue weighted by Gasteiger charge is 2.55. The average molecular weight is 621 g/mol. The molecule has 0 radical (unpaired) electrons. The van der Waals surface area contributed by atoms with Gasteiger partial charge in [-0.05, 0) is 65.2 Å². The lowest BCUT2D eigenvalue weighted by atomic mass is 9.93. The van der Waals surface area contributed by atoms with Crippen LogP contribution in [0.1, 0.15) is 41.7 Å². The first kappa shape index (κ1) is 28.6. The molecule has 2 heterocycles. The lowest BCUT2D eigenvalue weighted by Gasteiger charge is -2.33. The van der Waals surface area contributed by atoms with E-state index in [0.717, 1.165) is 6.42 Å². The Morgan fingerprint density at radius 1 is 0.533 bits per heavy atom. The van der Waals surface area contributed by atoms with Crippen molar-refractivity contribution in [3.8, 4) is 0 Å². The molecule has 0 saturated carbocycles. The molecule has 1 spiro atoms. The van der Waals surface area contributed by atoms with E-state index in [2.05, 4.69) is 165 Å². The highest BCUT2D eigenvalue weighted by Crippen LogP contribution is 2.56. The predicted octanol–water partition coefficient (Wildman–Crippen LogP) is 7.42. The molecular formula is C41H34O2P2. The fraction of sp³-hybridized carbons (Fsp3) is 0.122. The maximum atomic E-state index is 7.28. The molecule has 2 aliphatic rings. The monoisotopic (exact) mass is 620 g/mol. The summed E-state index contributed by atoms with van der Waals surface area (Å²) in [6.45, 7) is 2.74. The van der Waals surface area contributed by atoms with Crippen molar-refractivity contribution >= 4 is 47.7 Å². The number of hydrogen-bond acceptors (Lipinski definition) is 2. The van der Waals surface area contributed by atoms with Crippen molar-refractivity contribution in [2.24, 2.45) is 0 Å². The van der Waals surface area contributed by atoms with Gasteiger partial charge in [-0.1, -0.05) is 165 Å². The van der Waals surface area contributed by atoms with E-state index in [4.69, 9.17) is 9.47 Å². The molecule has 220 valence electrons. The van der Waals surface area contributed by atoms with Gasteiger partial charge in [-0.2, -0.15) is 0 Å². The first-order valence-electron chi connectivity index (χ1n) is 15.7. The van der Waals surface area contributed by atoms with Gasteiger partial charge in [-0.15, -0.1) is 0 Å². The maximum absolute atomic E-state index is 7.28. The van der Waals surface area contributed by atoms with Gasteiger partial charge in [-0.3, -0.25) is 0 Å². The Morgan fingerprint density at radius 2 is 0.978 bits per heavy atom. The first-order chi connectivity index (χ1) is 22.3. The summed E-state index contributed by atoms with van der Waals surface area (Å²) in [6, 6.07) is 57.4. The highest BCUT2D eigenvalue weighted by molar-refractivity contribution is 7.80. The van der Waals surface area contributed by atoms with Crippen LogP contribution in [0.15, 0.2) is 158 Å². The van der Waals surface area contributed by atoms with Gasteiger partial charge in [0.1, 0.15) is 0 Å². The number of benzene rings is 6. The Labute approximate surface area is 268 Å². The second-order valence-electron chi connectivity index (χ2n) is 11.5. The minimum absolute atomic E-state index is 0.0537. The first-order valence-corrected chi connectivity index (χ1v) is 18.3. The van der Waals surface area contributed by atoms with Crippen LogP contribution in [0.4, 0.5) is 0 Å². The predicted molar refractivity (Wildman–Crippen MR) is 190 cm³/mol. The van der Waals surface area contributed by atoms with E-state index in [-0.39, 0.29) is 6.10 Å². The third-order valence-electron chi connectivity index (χ3n) is 8.86. The summed E-state index contributed by atoms with van der Waals surface area (Å²) in [5, 5.41) is 7.90. The molecule has 2 nitrogen and oxygen atoms in total. The van der Waals surface area contributed by atoms with Crippen LogP contribution in [-0.4, -0.2) is 0 Å². The largest absolute Gasteiger partial charge is 0.337 e. The van der Waals surface area contributed by atoms with Crippen LogP contribution in [0.5, 0.6) is 0 Å². The Hall–Kier alpha value is -3.90. The van der Waals surface area contributed by atoms with Gasteiger partial charge in [0.15, 0.2) is 0 Å². The molecule has 0 N–H and O–H groups in total. The summed E-state index contributed by atoms with van der Waals surface area (Å²) >= 11 is 0. The maximum Gasteiger partial charge on any atom is 0.225 e. The van der Waals surface area contributed by atoms with Gasteiger partial charge in [0.2, 0.25) is 5.79 Å². The van der Waals surface area contributed by atoms with Crippen molar-refractivity contribution in [1.82, 2.24) is 0 Å². The van der Waals surface area contributed by atoms with Crippen LogP contribution in [0, 0.1) is 0 Å². The zero-order valence-electron chi connectivity index (χ0n) is 25.2. The van der Waals surface area contributed by atoms with Crippen LogP contribution in [-0.2, 0) is 21.9 Å². The topological polar surface area (TPSA) is 18.5 Å². The number of rotatable bonds is 7. The molecule has 45 heavy (non-hydrogen) atoms. The Kier molecular flexibility index (Phi) is 7.70. The second kappa shape index (κ2) is 12.1. The summed E-state index contributed by atoms with van der Waals surface area (Å²) in [7, 11) is -1.74. The smallest absolute Gasteiger partial charge is 0.225 e. The van der Waals surface area contributed by atoms with Gasteiger partial charge < -0.3 is 9.47 Å². The lowest BCUT2D eigenvalue weighted by molar-refractivity contribution is -0.218. The van der Waals surface area contributed by atoms with Crippen molar-refractivity contribution in [3.63, 3.8) is 0 Å². The van der Waals surface area contributed by atoms with Crippen LogP contribution in [0.3, 0.4) is 0 Å². The van der Waals surface area contributed by atoms with Crippen LogP contribution >= 0.6 is 15.8 Å². The molecule has 0 aromatic heterocycles. The molecule has 2 aliphatic heterocycles. The normalized spacial score (nSPS) is 18.4. The van der Waals surface area contributed by atoms with E-state index in [1.807, 2.05) is 0 Å². The Bertz CT molecular complexity index is 1850. The van der Waals surface area contributed by atoms with Gasteiger partial charge >= 0.3 is 0 Å². The van der Waals surface area contributed by atoms with Crippen LogP contribution in [0.25, 0.3) is 0 Å². The second-order valence-corrected chi connectivity index (χ2v) is 15.9. The van der Waals surface area contributed by atoms with Gasteiger partial charge in [0.05, 0.1) is 12.7 Å². The van der Waals surface area contributed by atoms with Gasteiger partial charge in [-0.25, -0.2) is 0 Å². The van der Waals surface area contributed by atoms with Gasteiger partial charge in [0, 0.05) is 11.1 Å². The summed E-state index contributed by atoms with van der Waals surface area (Å²) in [6.07, 6.45) is 0.821. The third kappa shape index (κ3) is 4.89. The quantitative estimate of drug-likeness (QED) is 0.173. The SMILES string of the molecule is CC[C@@H]1O[C@@]2(OCc3cccc(P(c4ccccc4)c4ccccc4)c32)c2c1cccc2P(c1ccccc1)c1ccccc1. The molecule has 0 unspecified atom stereocenters. The van der Waals surface area contributed by atoms with Gasteiger partial charge in [0.25, 0.3) is 0 Å². The zero-order valence-corrected chi connectivity index (χ0v) is 27.0. The molecule has 6 aromatic rings. The molecule has 0 saturated heterocycles.